The molecule has 0 aliphatic carbocycles. The summed E-state index contributed by atoms with van der Waals surface area (Å²) in [6.07, 6.45) is 0.434. The van der Waals surface area contributed by atoms with Gasteiger partial charge in [0.1, 0.15) is 11.7 Å². The van der Waals surface area contributed by atoms with Crippen molar-refractivity contribution in [2.24, 2.45) is 5.92 Å². The van der Waals surface area contributed by atoms with Crippen molar-refractivity contribution in [3.8, 4) is 0 Å². The number of ketones is 1. The molecule has 0 aromatic rings. The Morgan fingerprint density at radius 3 is 2.71 bits per heavy atom. The minimum atomic E-state index is -0.571. The van der Waals surface area contributed by atoms with Gasteiger partial charge in [0.2, 0.25) is 0 Å². The van der Waals surface area contributed by atoms with Gasteiger partial charge in [0, 0.05) is 19.5 Å². The molecule has 0 spiro atoms. The zero-order valence-corrected chi connectivity index (χ0v) is 9.13. The summed E-state index contributed by atoms with van der Waals surface area (Å²) in [4.78, 5) is 22.3. The van der Waals surface area contributed by atoms with Gasteiger partial charge in [-0.1, -0.05) is 13.8 Å². The molecule has 1 aliphatic rings. The van der Waals surface area contributed by atoms with Crippen LogP contribution in [-0.4, -0.2) is 31.4 Å². The summed E-state index contributed by atoms with van der Waals surface area (Å²) < 4.78 is 4.75. The first-order chi connectivity index (χ1) is 6.75. The van der Waals surface area contributed by atoms with E-state index in [4.69, 9.17) is 4.74 Å². The standard InChI is InChI=1S/C8H13NO3.C2H6/c1-2-12-8(11)6-5-9-4-3-7(6)10;1-2/h6,9H,2-5H2,1H3;1-2H3. The van der Waals surface area contributed by atoms with Gasteiger partial charge in [-0.3, -0.25) is 9.59 Å². The van der Waals surface area contributed by atoms with E-state index >= 15 is 0 Å². The van der Waals surface area contributed by atoms with Crippen LogP contribution < -0.4 is 5.32 Å². The minimum absolute atomic E-state index is 0.00722. The van der Waals surface area contributed by atoms with Gasteiger partial charge >= 0.3 is 5.97 Å². The second-order valence-electron chi connectivity index (χ2n) is 2.73. The summed E-state index contributed by atoms with van der Waals surface area (Å²) in [6.45, 7) is 7.17. The molecule has 1 fully saturated rings. The molecule has 0 bridgehead atoms. The lowest BCUT2D eigenvalue weighted by Crippen LogP contribution is -2.41. The smallest absolute Gasteiger partial charge is 0.317 e. The number of carbonyl (C=O) groups is 2. The van der Waals surface area contributed by atoms with E-state index in [9.17, 15) is 9.59 Å². The third-order valence-corrected chi connectivity index (χ3v) is 1.86. The van der Waals surface area contributed by atoms with E-state index in [-0.39, 0.29) is 5.78 Å². The molecular formula is C10H19NO3. The Balaban J connectivity index is 0.000000791. The number of carbonyl (C=O) groups excluding carboxylic acids is 2. The summed E-state index contributed by atoms with van der Waals surface area (Å²) in [5.41, 5.74) is 0. The van der Waals surface area contributed by atoms with Crippen molar-refractivity contribution in [1.82, 2.24) is 5.32 Å². The van der Waals surface area contributed by atoms with Crippen molar-refractivity contribution in [2.75, 3.05) is 19.7 Å². The van der Waals surface area contributed by atoms with Crippen molar-refractivity contribution >= 4 is 11.8 Å². The average Bonchev–Trinajstić information content (AvgIpc) is 2.22. The van der Waals surface area contributed by atoms with E-state index in [0.717, 1.165) is 0 Å². The van der Waals surface area contributed by atoms with Gasteiger partial charge in [-0.05, 0) is 6.92 Å². The first-order valence-electron chi connectivity index (χ1n) is 5.15. The molecule has 0 radical (unpaired) electrons. The highest BCUT2D eigenvalue weighted by Gasteiger charge is 2.29. The monoisotopic (exact) mass is 201 g/mol. The van der Waals surface area contributed by atoms with E-state index in [2.05, 4.69) is 5.32 Å². The molecule has 1 aliphatic heterocycles. The maximum absolute atomic E-state index is 11.2. The summed E-state index contributed by atoms with van der Waals surface area (Å²) >= 11 is 0. The van der Waals surface area contributed by atoms with E-state index in [1.165, 1.54) is 0 Å². The molecule has 0 aromatic heterocycles. The number of Topliss-reactive ketones (excluding diaryl/α,β-unsaturated/α-hetero) is 1. The largest absolute Gasteiger partial charge is 0.465 e. The molecule has 1 rings (SSSR count). The van der Waals surface area contributed by atoms with Crippen LogP contribution >= 0.6 is 0 Å². The van der Waals surface area contributed by atoms with E-state index in [1.807, 2.05) is 13.8 Å². The SMILES string of the molecule is CC.CCOC(=O)C1CNCCC1=O. The van der Waals surface area contributed by atoms with Crippen LogP contribution in [0.1, 0.15) is 27.2 Å². The summed E-state index contributed by atoms with van der Waals surface area (Å²) in [7, 11) is 0. The fourth-order valence-corrected chi connectivity index (χ4v) is 1.20. The van der Waals surface area contributed by atoms with Crippen LogP contribution in [0.5, 0.6) is 0 Å². The highest BCUT2D eigenvalue weighted by Crippen LogP contribution is 2.07. The molecule has 0 saturated carbocycles. The van der Waals surface area contributed by atoms with Gasteiger partial charge in [0.25, 0.3) is 0 Å². The molecule has 1 saturated heterocycles. The van der Waals surface area contributed by atoms with E-state index < -0.39 is 11.9 Å². The van der Waals surface area contributed by atoms with Crippen LogP contribution in [0.25, 0.3) is 0 Å². The second-order valence-corrected chi connectivity index (χ2v) is 2.73. The predicted octanol–water partition coefficient (Wildman–Crippen LogP) is 0.754. The van der Waals surface area contributed by atoms with Gasteiger partial charge in [-0.15, -0.1) is 0 Å². The molecular weight excluding hydrogens is 182 g/mol. The summed E-state index contributed by atoms with van der Waals surface area (Å²) in [5, 5.41) is 2.98. The van der Waals surface area contributed by atoms with Gasteiger partial charge in [-0.25, -0.2) is 0 Å². The Hall–Kier alpha value is -0.900. The molecule has 1 unspecified atom stereocenters. The van der Waals surface area contributed by atoms with Crippen LogP contribution in [0.4, 0.5) is 0 Å². The van der Waals surface area contributed by atoms with Crippen LogP contribution in [0.15, 0.2) is 0 Å². The third kappa shape index (κ3) is 3.87. The Kier molecular flexibility index (Phi) is 7.02. The topological polar surface area (TPSA) is 55.4 Å². The highest BCUT2D eigenvalue weighted by atomic mass is 16.5. The summed E-state index contributed by atoms with van der Waals surface area (Å²) in [6, 6.07) is 0. The maximum atomic E-state index is 11.2. The molecule has 1 atom stereocenters. The molecule has 4 nitrogen and oxygen atoms in total. The zero-order valence-electron chi connectivity index (χ0n) is 9.13. The number of hydrogen-bond acceptors (Lipinski definition) is 4. The van der Waals surface area contributed by atoms with Crippen molar-refractivity contribution in [2.45, 2.75) is 27.2 Å². The quantitative estimate of drug-likeness (QED) is 0.529. The van der Waals surface area contributed by atoms with Crippen molar-refractivity contribution in [3.05, 3.63) is 0 Å². The fourth-order valence-electron chi connectivity index (χ4n) is 1.20. The molecule has 82 valence electrons. The van der Waals surface area contributed by atoms with E-state index in [0.29, 0.717) is 26.1 Å². The van der Waals surface area contributed by atoms with Crippen molar-refractivity contribution < 1.29 is 14.3 Å². The second kappa shape index (κ2) is 7.50. The number of rotatable bonds is 2. The molecule has 1 heterocycles. The van der Waals surface area contributed by atoms with Gasteiger partial charge in [0.15, 0.2) is 0 Å². The van der Waals surface area contributed by atoms with Crippen LogP contribution in [-0.2, 0) is 14.3 Å². The van der Waals surface area contributed by atoms with Crippen molar-refractivity contribution in [1.29, 1.82) is 0 Å². The number of nitrogens with one attached hydrogen (secondary N) is 1. The number of ether oxygens (including phenoxy) is 1. The molecule has 1 N–H and O–H groups in total. The van der Waals surface area contributed by atoms with Gasteiger partial charge in [-0.2, -0.15) is 0 Å². The molecule has 0 aromatic carbocycles. The lowest BCUT2D eigenvalue weighted by atomic mass is 9.98. The zero-order chi connectivity index (χ0) is 11.0. The maximum Gasteiger partial charge on any atom is 0.317 e. The Bertz CT molecular complexity index is 192. The third-order valence-electron chi connectivity index (χ3n) is 1.86. The van der Waals surface area contributed by atoms with Gasteiger partial charge in [0.05, 0.1) is 6.61 Å². The normalized spacial score (nSPS) is 20.8. The first-order valence-corrected chi connectivity index (χ1v) is 5.15. The van der Waals surface area contributed by atoms with Crippen molar-refractivity contribution in [3.63, 3.8) is 0 Å². The predicted molar refractivity (Wildman–Crippen MR) is 54.0 cm³/mol. The molecule has 0 amide bonds. The van der Waals surface area contributed by atoms with Gasteiger partial charge < -0.3 is 10.1 Å². The Morgan fingerprint density at radius 1 is 1.57 bits per heavy atom. The van der Waals surface area contributed by atoms with Crippen LogP contribution in [0.2, 0.25) is 0 Å². The number of hydrogen-bond donors (Lipinski definition) is 1. The summed E-state index contributed by atoms with van der Waals surface area (Å²) in [5.74, 6) is -0.972. The average molecular weight is 201 g/mol. The number of esters is 1. The van der Waals surface area contributed by atoms with Crippen LogP contribution in [0.3, 0.4) is 0 Å². The fraction of sp³-hybridized carbons (Fsp3) is 0.800. The van der Waals surface area contributed by atoms with E-state index in [1.54, 1.807) is 6.92 Å². The lowest BCUT2D eigenvalue weighted by Gasteiger charge is -2.19. The first kappa shape index (κ1) is 13.1. The lowest BCUT2D eigenvalue weighted by molar-refractivity contribution is -0.152. The minimum Gasteiger partial charge on any atom is -0.465 e. The highest BCUT2D eigenvalue weighted by molar-refractivity contribution is 5.99. The Morgan fingerprint density at radius 2 is 2.21 bits per heavy atom. The molecule has 4 heteroatoms. The molecule has 14 heavy (non-hydrogen) atoms. The Labute approximate surface area is 85.0 Å². The van der Waals surface area contributed by atoms with Crippen LogP contribution in [0, 0.1) is 5.92 Å². The number of piperidine rings is 1.